The second-order valence-electron chi connectivity index (χ2n) is 4.06. The molecule has 0 unspecified atom stereocenters. The van der Waals surface area contributed by atoms with E-state index in [4.69, 9.17) is 5.73 Å². The van der Waals surface area contributed by atoms with Gasteiger partial charge in [-0.25, -0.2) is 15.0 Å². The van der Waals surface area contributed by atoms with Crippen molar-refractivity contribution in [3.05, 3.63) is 18.7 Å². The third-order valence-corrected chi connectivity index (χ3v) is 2.96. The number of aliphatic hydroxyl groups excluding tert-OH is 3. The number of nitrogens with two attached hydrogens (primary N) is 1. The molecular formula is C10H11N5O3. The fraction of sp³-hybridized carbons (Fsp3) is 0.300. The molecule has 2 aromatic heterocycles. The predicted octanol–water partition coefficient (Wildman–Crippen LogP) is -1.65. The monoisotopic (exact) mass is 249 g/mol. The Balaban J connectivity index is 2.17. The first-order chi connectivity index (χ1) is 8.59. The molecule has 8 heteroatoms. The summed E-state index contributed by atoms with van der Waals surface area (Å²) >= 11 is 0. The summed E-state index contributed by atoms with van der Waals surface area (Å²) < 4.78 is 1.47. The zero-order chi connectivity index (χ0) is 12.9. The lowest BCUT2D eigenvalue weighted by atomic mass is 10.2. The molecule has 0 saturated heterocycles. The Morgan fingerprint density at radius 3 is 2.61 bits per heavy atom. The normalized spacial score (nSPS) is 27.7. The van der Waals surface area contributed by atoms with Crippen LogP contribution < -0.4 is 5.73 Å². The molecule has 1 aliphatic rings. The van der Waals surface area contributed by atoms with Crippen LogP contribution >= 0.6 is 0 Å². The molecule has 0 amide bonds. The molecule has 0 aliphatic heterocycles. The summed E-state index contributed by atoms with van der Waals surface area (Å²) in [7, 11) is 0. The van der Waals surface area contributed by atoms with Gasteiger partial charge in [-0.05, 0) is 6.08 Å². The zero-order valence-corrected chi connectivity index (χ0v) is 9.17. The molecule has 0 saturated carbocycles. The van der Waals surface area contributed by atoms with Crippen molar-refractivity contribution in [2.75, 3.05) is 5.73 Å². The van der Waals surface area contributed by atoms with E-state index in [1.165, 1.54) is 23.3 Å². The highest BCUT2D eigenvalue weighted by atomic mass is 16.4. The van der Waals surface area contributed by atoms with Gasteiger partial charge in [0.15, 0.2) is 17.0 Å². The van der Waals surface area contributed by atoms with Gasteiger partial charge in [-0.3, -0.25) is 4.57 Å². The van der Waals surface area contributed by atoms with Crippen molar-refractivity contribution in [2.45, 2.75) is 18.3 Å². The first-order valence-electron chi connectivity index (χ1n) is 5.29. The fourth-order valence-corrected chi connectivity index (χ4v) is 2.00. The van der Waals surface area contributed by atoms with E-state index in [0.29, 0.717) is 16.9 Å². The van der Waals surface area contributed by atoms with E-state index in [-0.39, 0.29) is 5.82 Å². The van der Waals surface area contributed by atoms with Crippen molar-refractivity contribution in [3.63, 3.8) is 0 Å². The largest absolute Gasteiger partial charge is 0.387 e. The molecule has 0 radical (unpaired) electrons. The lowest BCUT2D eigenvalue weighted by Crippen LogP contribution is -2.31. The summed E-state index contributed by atoms with van der Waals surface area (Å²) in [6.07, 6.45) is 0.478. The number of rotatable bonds is 1. The van der Waals surface area contributed by atoms with E-state index in [0.717, 1.165) is 0 Å². The van der Waals surface area contributed by atoms with Gasteiger partial charge in [0.1, 0.15) is 31.0 Å². The SMILES string of the molecule is Nc1ncnc2c1ncn2C1=C[C@H](O)[C@@H](O)[C@H]1O. The van der Waals surface area contributed by atoms with E-state index in [9.17, 15) is 15.3 Å². The number of aliphatic hydroxyl groups is 3. The quantitative estimate of drug-likeness (QED) is 0.476. The molecule has 1 aliphatic carbocycles. The van der Waals surface area contributed by atoms with Gasteiger partial charge in [0, 0.05) is 0 Å². The molecule has 0 fully saturated rings. The lowest BCUT2D eigenvalue weighted by Gasteiger charge is -2.14. The van der Waals surface area contributed by atoms with E-state index < -0.39 is 18.3 Å². The van der Waals surface area contributed by atoms with Crippen LogP contribution in [0.25, 0.3) is 16.9 Å². The standard InChI is InChI=1S/C10H11N5O3/c11-9-6-10(13-2-12-9)15(3-14-6)4-1-5(16)8(18)7(4)17/h1-3,5,7-8,16-18H,(H2,11,12,13)/t5-,7-,8+/m0/s1. The maximum atomic E-state index is 9.83. The first-order valence-corrected chi connectivity index (χ1v) is 5.29. The van der Waals surface area contributed by atoms with E-state index in [2.05, 4.69) is 15.0 Å². The van der Waals surface area contributed by atoms with Gasteiger partial charge in [0.2, 0.25) is 0 Å². The van der Waals surface area contributed by atoms with Gasteiger partial charge in [-0.2, -0.15) is 0 Å². The minimum Gasteiger partial charge on any atom is -0.387 e. The second kappa shape index (κ2) is 3.73. The first kappa shape index (κ1) is 11.1. The molecule has 2 heterocycles. The molecule has 94 valence electrons. The fourth-order valence-electron chi connectivity index (χ4n) is 2.00. The smallest absolute Gasteiger partial charge is 0.169 e. The summed E-state index contributed by atoms with van der Waals surface area (Å²) in [5.41, 5.74) is 6.78. The Morgan fingerprint density at radius 2 is 1.94 bits per heavy atom. The van der Waals surface area contributed by atoms with Crippen molar-refractivity contribution in [1.82, 2.24) is 19.5 Å². The number of nitrogens with zero attached hydrogens (tertiary/aromatic N) is 4. The summed E-state index contributed by atoms with van der Waals surface area (Å²) in [4.78, 5) is 11.9. The highest BCUT2D eigenvalue weighted by Crippen LogP contribution is 2.27. The number of fused-ring (bicyclic) bond motifs is 1. The summed E-state index contributed by atoms with van der Waals surface area (Å²) in [6.45, 7) is 0. The van der Waals surface area contributed by atoms with Gasteiger partial charge in [-0.1, -0.05) is 0 Å². The van der Waals surface area contributed by atoms with Crippen LogP contribution in [-0.2, 0) is 0 Å². The molecule has 0 spiro atoms. The Hall–Kier alpha value is -2.03. The zero-order valence-electron chi connectivity index (χ0n) is 9.17. The molecule has 5 N–H and O–H groups in total. The maximum absolute atomic E-state index is 9.83. The van der Waals surface area contributed by atoms with Crippen LogP contribution in [0.5, 0.6) is 0 Å². The van der Waals surface area contributed by atoms with Crippen LogP contribution in [0.3, 0.4) is 0 Å². The number of hydrogen-bond acceptors (Lipinski definition) is 7. The number of hydrogen-bond donors (Lipinski definition) is 4. The average molecular weight is 249 g/mol. The van der Waals surface area contributed by atoms with Crippen molar-refractivity contribution in [2.24, 2.45) is 0 Å². The summed E-state index contributed by atoms with van der Waals surface area (Å²) in [5.74, 6) is 0.230. The van der Waals surface area contributed by atoms with Gasteiger partial charge >= 0.3 is 0 Å². The molecular weight excluding hydrogens is 238 g/mol. The predicted molar refractivity (Wildman–Crippen MR) is 62.0 cm³/mol. The number of anilines is 1. The molecule has 3 rings (SSSR count). The van der Waals surface area contributed by atoms with Crippen molar-refractivity contribution < 1.29 is 15.3 Å². The van der Waals surface area contributed by atoms with Crippen LogP contribution in [0.15, 0.2) is 18.7 Å². The minimum absolute atomic E-state index is 0.230. The Kier molecular flexibility index (Phi) is 2.30. The van der Waals surface area contributed by atoms with Crippen LogP contribution in [0.2, 0.25) is 0 Å². The van der Waals surface area contributed by atoms with E-state index >= 15 is 0 Å². The minimum atomic E-state index is -1.25. The van der Waals surface area contributed by atoms with Gasteiger partial charge < -0.3 is 21.1 Å². The molecule has 18 heavy (non-hydrogen) atoms. The Morgan fingerprint density at radius 1 is 1.17 bits per heavy atom. The highest BCUT2D eigenvalue weighted by molar-refractivity contribution is 5.84. The molecule has 0 bridgehead atoms. The molecule has 3 atom stereocenters. The van der Waals surface area contributed by atoms with Crippen LogP contribution in [0.1, 0.15) is 0 Å². The average Bonchev–Trinajstić information content (AvgIpc) is 2.88. The Labute approximate surface area is 101 Å². The summed E-state index contributed by atoms with van der Waals surface area (Å²) in [5, 5.41) is 28.8. The second-order valence-corrected chi connectivity index (χ2v) is 4.06. The third-order valence-electron chi connectivity index (χ3n) is 2.96. The van der Waals surface area contributed by atoms with Crippen molar-refractivity contribution in [1.29, 1.82) is 0 Å². The van der Waals surface area contributed by atoms with E-state index in [1.807, 2.05) is 0 Å². The number of nitrogen functional groups attached to an aromatic ring is 1. The van der Waals surface area contributed by atoms with Gasteiger partial charge in [0.25, 0.3) is 0 Å². The van der Waals surface area contributed by atoms with Crippen LogP contribution in [0, 0.1) is 0 Å². The molecule has 8 nitrogen and oxygen atoms in total. The highest BCUT2D eigenvalue weighted by Gasteiger charge is 2.35. The van der Waals surface area contributed by atoms with Crippen molar-refractivity contribution >= 4 is 22.7 Å². The van der Waals surface area contributed by atoms with Crippen LogP contribution in [-0.4, -0.2) is 53.2 Å². The van der Waals surface area contributed by atoms with Gasteiger partial charge in [-0.15, -0.1) is 0 Å². The van der Waals surface area contributed by atoms with Gasteiger partial charge in [0.05, 0.1) is 5.70 Å². The third kappa shape index (κ3) is 1.40. The summed E-state index contributed by atoms with van der Waals surface area (Å²) in [6, 6.07) is 0. The maximum Gasteiger partial charge on any atom is 0.169 e. The molecule has 0 aromatic carbocycles. The molecule has 2 aromatic rings. The number of imidazole rings is 1. The van der Waals surface area contributed by atoms with Crippen molar-refractivity contribution in [3.8, 4) is 0 Å². The number of aromatic nitrogens is 4. The lowest BCUT2D eigenvalue weighted by molar-refractivity contribution is -0.00622. The van der Waals surface area contributed by atoms with Crippen LogP contribution in [0.4, 0.5) is 5.82 Å². The Bertz CT molecular complexity index is 637. The topological polar surface area (TPSA) is 130 Å². The van der Waals surface area contributed by atoms with E-state index in [1.54, 1.807) is 0 Å².